The van der Waals surface area contributed by atoms with Gasteiger partial charge in [0.1, 0.15) is 0 Å². The van der Waals surface area contributed by atoms with Crippen LogP contribution in [0.15, 0.2) is 84.9 Å². The Morgan fingerprint density at radius 3 is 1.43 bits per heavy atom. The Labute approximate surface area is 137 Å². The van der Waals surface area contributed by atoms with Crippen molar-refractivity contribution in [1.82, 2.24) is 0 Å². The van der Waals surface area contributed by atoms with Gasteiger partial charge in [0, 0.05) is 0 Å². The van der Waals surface area contributed by atoms with Gasteiger partial charge in [-0.15, -0.1) is 0 Å². The predicted molar refractivity (Wildman–Crippen MR) is 101 cm³/mol. The highest BCUT2D eigenvalue weighted by molar-refractivity contribution is 6.98. The molecule has 1 nitrogen and oxygen atoms in total. The van der Waals surface area contributed by atoms with E-state index in [1.54, 1.807) is 0 Å². The van der Waals surface area contributed by atoms with Gasteiger partial charge in [-0.3, -0.25) is 0 Å². The molecule has 0 spiro atoms. The van der Waals surface area contributed by atoms with Gasteiger partial charge in [-0.25, -0.2) is 0 Å². The number of hydrogen-bond donors (Lipinski definition) is 1. The number of hydrogen-bond acceptors (Lipinski definition) is 1. The van der Waals surface area contributed by atoms with Crippen LogP contribution in [0.3, 0.4) is 0 Å². The second-order valence-corrected chi connectivity index (χ2v) is 9.35. The van der Waals surface area contributed by atoms with Crippen molar-refractivity contribution in [3.63, 3.8) is 0 Å². The molecule has 0 aliphatic carbocycles. The number of rotatable bonds is 2. The quantitative estimate of drug-likeness (QED) is 0.560. The summed E-state index contributed by atoms with van der Waals surface area (Å²) in [5.41, 5.74) is 0. The van der Waals surface area contributed by atoms with Crippen LogP contribution in [0, 0.1) is 0 Å². The van der Waals surface area contributed by atoms with Crippen molar-refractivity contribution in [3.05, 3.63) is 84.9 Å². The minimum Gasteiger partial charge on any atom is -0.424 e. The van der Waals surface area contributed by atoms with Gasteiger partial charge in [0.15, 0.2) is 0 Å². The molecule has 0 saturated carbocycles. The van der Waals surface area contributed by atoms with Crippen LogP contribution in [0.2, 0.25) is 6.55 Å². The average Bonchev–Trinajstić information content (AvgIpc) is 2.60. The zero-order chi connectivity index (χ0) is 15.9. The van der Waals surface area contributed by atoms with Gasteiger partial charge in [-0.05, 0) is 38.5 Å². The van der Waals surface area contributed by atoms with Crippen LogP contribution in [0.1, 0.15) is 0 Å². The van der Waals surface area contributed by atoms with Crippen molar-refractivity contribution in [2.45, 2.75) is 6.55 Å². The smallest absolute Gasteiger partial charge is 0.250 e. The van der Waals surface area contributed by atoms with Crippen molar-refractivity contribution in [1.29, 1.82) is 0 Å². The van der Waals surface area contributed by atoms with Gasteiger partial charge in [0.05, 0.1) is 0 Å². The summed E-state index contributed by atoms with van der Waals surface area (Å²) in [6.07, 6.45) is 0. The van der Waals surface area contributed by atoms with E-state index in [9.17, 15) is 4.80 Å². The first-order valence-corrected chi connectivity index (χ1v) is 10.3. The Balaban J connectivity index is 2.02. The molecule has 0 aliphatic rings. The third-order valence-corrected chi connectivity index (χ3v) is 7.60. The van der Waals surface area contributed by atoms with Gasteiger partial charge in [-0.2, -0.15) is 0 Å². The van der Waals surface area contributed by atoms with Crippen LogP contribution in [0.5, 0.6) is 0 Å². The van der Waals surface area contributed by atoms with Crippen LogP contribution < -0.4 is 10.4 Å². The molecule has 4 rings (SSSR count). The maximum Gasteiger partial charge on any atom is 0.250 e. The van der Waals surface area contributed by atoms with Crippen LogP contribution in [-0.4, -0.2) is 13.1 Å². The summed E-state index contributed by atoms with van der Waals surface area (Å²) in [5, 5.41) is 6.81. The Kier molecular flexibility index (Phi) is 3.29. The summed E-state index contributed by atoms with van der Waals surface area (Å²) >= 11 is 0. The Bertz CT molecular complexity index is 913. The molecule has 23 heavy (non-hydrogen) atoms. The zero-order valence-electron chi connectivity index (χ0n) is 13.0. The first-order chi connectivity index (χ1) is 11.2. The molecule has 2 heteroatoms. The van der Waals surface area contributed by atoms with E-state index in [1.807, 2.05) is 42.9 Å². The molecular formula is C21H18OSi. The molecule has 0 radical (unpaired) electrons. The van der Waals surface area contributed by atoms with Gasteiger partial charge in [0.25, 0.3) is 8.32 Å². The lowest BCUT2D eigenvalue weighted by atomic mass is 10.1. The van der Waals surface area contributed by atoms with E-state index < -0.39 is 8.32 Å². The lowest BCUT2D eigenvalue weighted by molar-refractivity contribution is 0.577. The van der Waals surface area contributed by atoms with Gasteiger partial charge in [-0.1, -0.05) is 84.9 Å². The van der Waals surface area contributed by atoms with Crippen LogP contribution in [-0.2, 0) is 0 Å². The number of benzene rings is 4. The van der Waals surface area contributed by atoms with Gasteiger partial charge >= 0.3 is 0 Å². The van der Waals surface area contributed by atoms with Crippen molar-refractivity contribution in [2.24, 2.45) is 0 Å². The van der Waals surface area contributed by atoms with E-state index in [1.165, 1.54) is 10.8 Å². The first kappa shape index (κ1) is 14.2. The summed E-state index contributed by atoms with van der Waals surface area (Å²) in [6.45, 7) is 2.02. The first-order valence-electron chi connectivity index (χ1n) is 7.87. The maximum absolute atomic E-state index is 11.6. The standard InChI is InChI=1S/C21H18OSi/c1-23(22,20-14-6-10-16-8-2-4-12-18(16)20)21-15-7-11-17-9-3-5-13-19(17)21/h2-15,22H,1H3. The summed E-state index contributed by atoms with van der Waals surface area (Å²) < 4.78 is 0. The van der Waals surface area contributed by atoms with E-state index in [0.717, 1.165) is 21.1 Å². The molecule has 0 fully saturated rings. The molecule has 0 saturated heterocycles. The maximum atomic E-state index is 11.6. The average molecular weight is 314 g/mol. The molecular weight excluding hydrogens is 296 g/mol. The molecule has 0 atom stereocenters. The molecule has 0 aliphatic heterocycles. The Morgan fingerprint density at radius 1 is 0.565 bits per heavy atom. The van der Waals surface area contributed by atoms with Gasteiger partial charge in [0.2, 0.25) is 0 Å². The second-order valence-electron chi connectivity index (χ2n) is 6.13. The van der Waals surface area contributed by atoms with E-state index >= 15 is 0 Å². The summed E-state index contributed by atoms with van der Waals surface area (Å²) in [7, 11) is -2.78. The highest BCUT2D eigenvalue weighted by atomic mass is 28.4. The third-order valence-electron chi connectivity index (χ3n) is 4.63. The van der Waals surface area contributed by atoms with E-state index in [0.29, 0.717) is 0 Å². The van der Waals surface area contributed by atoms with E-state index in [2.05, 4.69) is 48.5 Å². The Hall–Kier alpha value is -2.42. The molecule has 0 unspecified atom stereocenters. The van der Waals surface area contributed by atoms with Crippen molar-refractivity contribution < 1.29 is 4.80 Å². The largest absolute Gasteiger partial charge is 0.424 e. The lowest BCUT2D eigenvalue weighted by Crippen LogP contribution is -2.56. The summed E-state index contributed by atoms with van der Waals surface area (Å²) in [5.74, 6) is 0. The summed E-state index contributed by atoms with van der Waals surface area (Å²) in [6, 6.07) is 29.0. The summed E-state index contributed by atoms with van der Waals surface area (Å²) in [4.78, 5) is 11.6. The normalized spacial score (nSPS) is 11.9. The predicted octanol–water partition coefficient (Wildman–Crippen LogP) is 3.67. The molecule has 0 heterocycles. The molecule has 4 aromatic rings. The van der Waals surface area contributed by atoms with E-state index in [-0.39, 0.29) is 0 Å². The zero-order valence-corrected chi connectivity index (χ0v) is 14.0. The molecule has 0 amide bonds. The van der Waals surface area contributed by atoms with Crippen molar-refractivity contribution in [3.8, 4) is 0 Å². The minimum absolute atomic E-state index is 1.08. The third kappa shape index (κ3) is 2.27. The molecule has 4 aromatic carbocycles. The van der Waals surface area contributed by atoms with Crippen LogP contribution in [0.25, 0.3) is 21.5 Å². The molecule has 0 bridgehead atoms. The highest BCUT2D eigenvalue weighted by Gasteiger charge is 2.32. The monoisotopic (exact) mass is 314 g/mol. The molecule has 0 aromatic heterocycles. The van der Waals surface area contributed by atoms with Gasteiger partial charge < -0.3 is 4.80 Å². The minimum atomic E-state index is -2.78. The van der Waals surface area contributed by atoms with Crippen LogP contribution >= 0.6 is 0 Å². The number of fused-ring (bicyclic) bond motifs is 2. The topological polar surface area (TPSA) is 20.2 Å². The molecule has 112 valence electrons. The van der Waals surface area contributed by atoms with Crippen molar-refractivity contribution in [2.75, 3.05) is 0 Å². The van der Waals surface area contributed by atoms with Crippen LogP contribution in [0.4, 0.5) is 0 Å². The fraction of sp³-hybridized carbons (Fsp3) is 0.0476. The second kappa shape index (κ2) is 5.34. The molecule has 1 N–H and O–H groups in total. The van der Waals surface area contributed by atoms with E-state index in [4.69, 9.17) is 0 Å². The Morgan fingerprint density at radius 2 is 0.957 bits per heavy atom. The lowest BCUT2D eigenvalue weighted by Gasteiger charge is -2.24. The SMILES string of the molecule is C[Si](O)(c1cccc2ccccc12)c1cccc2ccccc12. The fourth-order valence-electron chi connectivity index (χ4n) is 3.44. The fourth-order valence-corrected chi connectivity index (χ4v) is 6.08. The van der Waals surface area contributed by atoms with Crippen molar-refractivity contribution >= 4 is 40.2 Å². The highest BCUT2D eigenvalue weighted by Crippen LogP contribution is 2.18.